The fourth-order valence-electron chi connectivity index (χ4n) is 1.47. The molecule has 4 nitrogen and oxygen atoms in total. The molecule has 0 aliphatic carbocycles. The number of aliphatic hydroxyl groups excluding tert-OH is 1. The Bertz CT molecular complexity index is 206. The molecular weight excluding hydrogens is 216 g/mol. The molecule has 0 saturated heterocycles. The summed E-state index contributed by atoms with van der Waals surface area (Å²) in [5, 5.41) is 13.4. The van der Waals surface area contributed by atoms with Crippen LogP contribution >= 0.6 is 0 Å². The van der Waals surface area contributed by atoms with Crippen LogP contribution in [-0.2, 0) is 0 Å². The summed E-state index contributed by atoms with van der Waals surface area (Å²) in [7, 11) is 0. The zero-order chi connectivity index (χ0) is 12.8. The second-order valence-corrected chi connectivity index (χ2v) is 4.05. The molecule has 4 heteroatoms. The third kappa shape index (κ3) is 12.9. The zero-order valence-corrected chi connectivity index (χ0v) is 10.9. The first kappa shape index (κ1) is 16.0. The third-order valence-corrected chi connectivity index (χ3v) is 2.46. The molecule has 100 valence electrons. The summed E-state index contributed by atoms with van der Waals surface area (Å²) in [6, 6.07) is -0.303. The first-order valence-electron chi connectivity index (χ1n) is 6.58. The average molecular weight is 242 g/mol. The van der Waals surface area contributed by atoms with E-state index in [1.165, 1.54) is 25.7 Å². The number of carbonyl (C=O) groups is 1. The SMILES string of the molecule is CCCCC/C=C/CCCCNC(=O)NCO. The van der Waals surface area contributed by atoms with Crippen molar-refractivity contribution in [2.24, 2.45) is 0 Å². The Morgan fingerprint density at radius 3 is 2.29 bits per heavy atom. The molecule has 0 atom stereocenters. The molecule has 0 saturated carbocycles. The van der Waals surface area contributed by atoms with E-state index in [0.717, 1.165) is 19.3 Å². The lowest BCUT2D eigenvalue weighted by atomic mass is 10.1. The summed E-state index contributed by atoms with van der Waals surface area (Å²) >= 11 is 0. The molecule has 0 radical (unpaired) electrons. The van der Waals surface area contributed by atoms with Crippen LogP contribution in [0.15, 0.2) is 12.2 Å². The van der Waals surface area contributed by atoms with Crippen LogP contribution in [0, 0.1) is 0 Å². The van der Waals surface area contributed by atoms with Crippen LogP contribution in [0.5, 0.6) is 0 Å². The van der Waals surface area contributed by atoms with Crippen molar-refractivity contribution in [3.8, 4) is 0 Å². The third-order valence-electron chi connectivity index (χ3n) is 2.46. The Morgan fingerprint density at radius 1 is 1.06 bits per heavy atom. The highest BCUT2D eigenvalue weighted by Crippen LogP contribution is 2.02. The number of rotatable bonds is 10. The van der Waals surface area contributed by atoms with Gasteiger partial charge in [0.1, 0.15) is 6.73 Å². The van der Waals surface area contributed by atoms with Gasteiger partial charge in [-0.2, -0.15) is 0 Å². The van der Waals surface area contributed by atoms with Crippen LogP contribution < -0.4 is 10.6 Å². The van der Waals surface area contributed by atoms with Crippen molar-refractivity contribution in [3.05, 3.63) is 12.2 Å². The first-order valence-corrected chi connectivity index (χ1v) is 6.58. The summed E-state index contributed by atoms with van der Waals surface area (Å²) < 4.78 is 0. The highest BCUT2D eigenvalue weighted by atomic mass is 16.3. The highest BCUT2D eigenvalue weighted by molar-refractivity contribution is 5.73. The molecule has 0 bridgehead atoms. The monoisotopic (exact) mass is 242 g/mol. The van der Waals surface area contributed by atoms with Gasteiger partial charge in [-0.1, -0.05) is 31.9 Å². The molecule has 0 aliphatic rings. The fourth-order valence-corrected chi connectivity index (χ4v) is 1.47. The molecule has 0 rings (SSSR count). The summed E-state index contributed by atoms with van der Waals surface area (Å²) in [6.07, 6.45) is 12.7. The molecule has 17 heavy (non-hydrogen) atoms. The van der Waals surface area contributed by atoms with Crippen LogP contribution in [0.4, 0.5) is 4.79 Å². The van der Waals surface area contributed by atoms with Crippen molar-refractivity contribution in [3.63, 3.8) is 0 Å². The Kier molecular flexibility index (Phi) is 12.2. The van der Waals surface area contributed by atoms with E-state index < -0.39 is 0 Å². The van der Waals surface area contributed by atoms with Crippen molar-refractivity contribution in [2.45, 2.75) is 51.9 Å². The number of hydrogen-bond acceptors (Lipinski definition) is 2. The molecular formula is C13H26N2O2. The van der Waals surface area contributed by atoms with Gasteiger partial charge in [0.15, 0.2) is 0 Å². The number of nitrogens with one attached hydrogen (secondary N) is 2. The Balaban J connectivity index is 3.15. The zero-order valence-electron chi connectivity index (χ0n) is 10.9. The normalized spacial score (nSPS) is 10.7. The second-order valence-electron chi connectivity index (χ2n) is 4.05. The van der Waals surface area contributed by atoms with E-state index in [1.807, 2.05) is 0 Å². The van der Waals surface area contributed by atoms with E-state index in [2.05, 4.69) is 29.7 Å². The van der Waals surface area contributed by atoms with Crippen molar-refractivity contribution in [2.75, 3.05) is 13.3 Å². The molecule has 0 aromatic rings. The molecule has 0 aliphatic heterocycles. The highest BCUT2D eigenvalue weighted by Gasteiger charge is 1.95. The van der Waals surface area contributed by atoms with Crippen molar-refractivity contribution in [1.82, 2.24) is 10.6 Å². The summed E-state index contributed by atoms with van der Waals surface area (Å²) in [6.45, 7) is 2.56. The molecule has 0 fully saturated rings. The Labute approximate surface area is 104 Å². The van der Waals surface area contributed by atoms with Gasteiger partial charge in [0.05, 0.1) is 0 Å². The van der Waals surface area contributed by atoms with Gasteiger partial charge in [0.2, 0.25) is 0 Å². The number of urea groups is 1. The number of unbranched alkanes of at least 4 members (excludes halogenated alkanes) is 5. The molecule has 3 N–H and O–H groups in total. The predicted molar refractivity (Wildman–Crippen MR) is 70.8 cm³/mol. The lowest BCUT2D eigenvalue weighted by Gasteiger charge is -2.03. The number of allylic oxidation sites excluding steroid dienone is 2. The molecule has 0 unspecified atom stereocenters. The summed E-state index contributed by atoms with van der Waals surface area (Å²) in [5.74, 6) is 0. The van der Waals surface area contributed by atoms with Crippen LogP contribution in [-0.4, -0.2) is 24.4 Å². The molecule has 2 amide bonds. The van der Waals surface area contributed by atoms with Gasteiger partial charge in [0.25, 0.3) is 0 Å². The van der Waals surface area contributed by atoms with Crippen LogP contribution in [0.3, 0.4) is 0 Å². The Morgan fingerprint density at radius 2 is 1.71 bits per heavy atom. The van der Waals surface area contributed by atoms with Gasteiger partial charge in [0, 0.05) is 6.54 Å². The largest absolute Gasteiger partial charge is 0.376 e. The minimum Gasteiger partial charge on any atom is -0.376 e. The van der Waals surface area contributed by atoms with Gasteiger partial charge in [-0.25, -0.2) is 4.79 Å². The van der Waals surface area contributed by atoms with E-state index >= 15 is 0 Å². The van der Waals surface area contributed by atoms with E-state index in [9.17, 15) is 4.79 Å². The number of carbonyl (C=O) groups excluding carboxylic acids is 1. The number of hydrogen-bond donors (Lipinski definition) is 3. The number of aliphatic hydroxyl groups is 1. The maximum Gasteiger partial charge on any atom is 0.316 e. The van der Waals surface area contributed by atoms with E-state index in [4.69, 9.17) is 5.11 Å². The standard InChI is InChI=1S/C13H26N2O2/c1-2-3-4-5-6-7-8-9-10-11-14-13(17)15-12-16/h6-7,16H,2-5,8-12H2,1H3,(H2,14,15,17)/b7-6+. The number of amides is 2. The van der Waals surface area contributed by atoms with Crippen molar-refractivity contribution >= 4 is 6.03 Å². The molecule has 0 spiro atoms. The van der Waals surface area contributed by atoms with Crippen LogP contribution in [0.25, 0.3) is 0 Å². The lowest BCUT2D eigenvalue weighted by molar-refractivity contribution is 0.217. The fraction of sp³-hybridized carbons (Fsp3) is 0.769. The van der Waals surface area contributed by atoms with Crippen molar-refractivity contribution < 1.29 is 9.90 Å². The van der Waals surface area contributed by atoms with Crippen LogP contribution in [0.1, 0.15) is 51.9 Å². The molecule has 0 heterocycles. The summed E-state index contributed by atoms with van der Waals surface area (Å²) in [4.78, 5) is 10.9. The van der Waals surface area contributed by atoms with Crippen LogP contribution in [0.2, 0.25) is 0 Å². The maximum atomic E-state index is 10.9. The molecule has 0 aromatic heterocycles. The maximum absolute atomic E-state index is 10.9. The van der Waals surface area contributed by atoms with E-state index in [0.29, 0.717) is 6.54 Å². The van der Waals surface area contributed by atoms with Gasteiger partial charge in [-0.05, 0) is 32.1 Å². The van der Waals surface area contributed by atoms with Gasteiger partial charge >= 0.3 is 6.03 Å². The van der Waals surface area contributed by atoms with E-state index in [-0.39, 0.29) is 12.8 Å². The summed E-state index contributed by atoms with van der Waals surface area (Å²) in [5.41, 5.74) is 0. The first-order chi connectivity index (χ1) is 8.31. The smallest absolute Gasteiger partial charge is 0.316 e. The predicted octanol–water partition coefficient (Wildman–Crippen LogP) is 2.54. The topological polar surface area (TPSA) is 61.4 Å². The van der Waals surface area contributed by atoms with E-state index in [1.54, 1.807) is 0 Å². The lowest BCUT2D eigenvalue weighted by Crippen LogP contribution is -2.36. The minimum atomic E-state index is -0.313. The molecule has 0 aromatic carbocycles. The Hall–Kier alpha value is -1.03. The van der Waals surface area contributed by atoms with Crippen molar-refractivity contribution in [1.29, 1.82) is 0 Å². The van der Waals surface area contributed by atoms with Gasteiger partial charge in [-0.3, -0.25) is 0 Å². The van der Waals surface area contributed by atoms with Gasteiger partial charge in [-0.15, -0.1) is 0 Å². The quantitative estimate of drug-likeness (QED) is 0.313. The second kappa shape index (κ2) is 13.0. The van der Waals surface area contributed by atoms with Gasteiger partial charge < -0.3 is 15.7 Å². The minimum absolute atomic E-state index is 0.303. The average Bonchev–Trinajstić information content (AvgIpc) is 2.32.